The lowest BCUT2D eigenvalue weighted by molar-refractivity contribution is 0.804. The Kier molecular flexibility index (Phi) is 4.82. The highest BCUT2D eigenvalue weighted by atomic mass is 35.5. The van der Waals surface area contributed by atoms with Crippen LogP contribution in [0.25, 0.3) is 33.6 Å². The summed E-state index contributed by atoms with van der Waals surface area (Å²) in [6, 6.07) is 26.2. The first-order chi connectivity index (χ1) is 15.2. The molecule has 0 spiro atoms. The fourth-order valence-electron chi connectivity index (χ4n) is 4.02. The lowest BCUT2D eigenvalue weighted by Gasteiger charge is -2.10. The molecule has 0 bridgehead atoms. The van der Waals surface area contributed by atoms with Crippen LogP contribution in [0.5, 0.6) is 0 Å². The molecule has 0 aliphatic carbocycles. The third-order valence-corrected chi connectivity index (χ3v) is 5.99. The topological polar surface area (TPSA) is 57.4 Å². The second kappa shape index (κ2) is 7.79. The lowest BCUT2D eigenvalue weighted by atomic mass is 10.1. The molecule has 0 aliphatic rings. The minimum atomic E-state index is 0.500. The van der Waals surface area contributed by atoms with Crippen LogP contribution in [0, 0.1) is 18.3 Å². The molecule has 150 valence electrons. The summed E-state index contributed by atoms with van der Waals surface area (Å²) in [7, 11) is 0. The molecule has 0 atom stereocenters. The van der Waals surface area contributed by atoms with Gasteiger partial charge in [-0.05, 0) is 42.8 Å². The first-order valence-electron chi connectivity index (χ1n) is 10.0. The van der Waals surface area contributed by atoms with E-state index in [1.165, 1.54) is 0 Å². The average Bonchev–Trinajstić information content (AvgIpc) is 3.33. The highest BCUT2D eigenvalue weighted by Gasteiger charge is 2.16. The van der Waals surface area contributed by atoms with Crippen LogP contribution in [-0.2, 0) is 6.54 Å². The maximum absolute atomic E-state index is 9.90. The summed E-state index contributed by atoms with van der Waals surface area (Å²) in [4.78, 5) is 7.87. The van der Waals surface area contributed by atoms with E-state index in [4.69, 9.17) is 11.6 Å². The second-order valence-corrected chi connectivity index (χ2v) is 7.87. The van der Waals surface area contributed by atoms with E-state index in [9.17, 15) is 5.26 Å². The van der Waals surface area contributed by atoms with E-state index in [-0.39, 0.29) is 0 Å². The van der Waals surface area contributed by atoms with Gasteiger partial charge in [0.25, 0.3) is 0 Å². The van der Waals surface area contributed by atoms with E-state index in [1.807, 2.05) is 66.7 Å². The molecule has 4 nitrogen and oxygen atoms in total. The summed E-state index contributed by atoms with van der Waals surface area (Å²) in [6.07, 6.45) is 1.93. The van der Waals surface area contributed by atoms with Gasteiger partial charge in [0.2, 0.25) is 0 Å². The Bertz CT molecular complexity index is 1460. The molecule has 2 heterocycles. The van der Waals surface area contributed by atoms with Gasteiger partial charge < -0.3 is 9.55 Å². The molecule has 5 heteroatoms. The first-order valence-corrected chi connectivity index (χ1v) is 10.4. The standard InChI is InChI=1S/C26H19ClN4/c1-17-21(14-19(15-28)26-29-23-11-5-6-12-24(23)30-26)20-9-3-7-13-25(20)31(17)16-18-8-2-4-10-22(18)27/h2-14H,16H2,1H3,(H,29,30)/b19-14-. The van der Waals surface area contributed by atoms with Crippen molar-refractivity contribution in [2.75, 3.05) is 0 Å². The molecule has 3 aromatic carbocycles. The molecule has 2 aromatic heterocycles. The fourth-order valence-corrected chi connectivity index (χ4v) is 4.21. The third-order valence-electron chi connectivity index (χ3n) is 5.62. The van der Waals surface area contributed by atoms with Gasteiger partial charge >= 0.3 is 0 Å². The Balaban J connectivity index is 1.67. The van der Waals surface area contributed by atoms with Gasteiger partial charge in [-0.15, -0.1) is 0 Å². The Morgan fingerprint density at radius 1 is 1.06 bits per heavy atom. The smallest absolute Gasteiger partial charge is 0.149 e. The van der Waals surface area contributed by atoms with Crippen molar-refractivity contribution in [1.29, 1.82) is 5.26 Å². The highest BCUT2D eigenvalue weighted by molar-refractivity contribution is 6.31. The van der Waals surface area contributed by atoms with Gasteiger partial charge in [0.15, 0.2) is 0 Å². The molecule has 5 aromatic rings. The number of aromatic amines is 1. The zero-order valence-corrected chi connectivity index (χ0v) is 17.7. The van der Waals surface area contributed by atoms with Gasteiger partial charge in [-0.1, -0.05) is 60.1 Å². The number of rotatable bonds is 4. The largest absolute Gasteiger partial charge is 0.340 e. The molecule has 0 unspecified atom stereocenters. The maximum Gasteiger partial charge on any atom is 0.149 e. The van der Waals surface area contributed by atoms with E-state index < -0.39 is 0 Å². The lowest BCUT2D eigenvalue weighted by Crippen LogP contribution is -2.02. The summed E-state index contributed by atoms with van der Waals surface area (Å²) in [5.74, 6) is 0.575. The number of aromatic nitrogens is 3. The van der Waals surface area contributed by atoms with Crippen LogP contribution in [0.15, 0.2) is 72.8 Å². The third kappa shape index (κ3) is 3.39. The van der Waals surface area contributed by atoms with Crippen LogP contribution in [0.2, 0.25) is 5.02 Å². The second-order valence-electron chi connectivity index (χ2n) is 7.47. The van der Waals surface area contributed by atoms with Crippen LogP contribution in [0.3, 0.4) is 0 Å². The molecular weight excluding hydrogens is 404 g/mol. The first kappa shape index (κ1) is 19.2. The molecule has 31 heavy (non-hydrogen) atoms. The van der Waals surface area contributed by atoms with Gasteiger partial charge in [0.05, 0.1) is 16.6 Å². The molecule has 0 aliphatic heterocycles. The van der Waals surface area contributed by atoms with E-state index in [1.54, 1.807) is 0 Å². The Labute approximate surface area is 185 Å². The van der Waals surface area contributed by atoms with Gasteiger partial charge in [-0.25, -0.2) is 4.98 Å². The molecule has 0 fully saturated rings. The molecule has 0 amide bonds. The minimum absolute atomic E-state index is 0.500. The summed E-state index contributed by atoms with van der Waals surface area (Å²) in [5.41, 5.74) is 6.51. The van der Waals surface area contributed by atoms with Gasteiger partial charge in [-0.2, -0.15) is 5.26 Å². The molecular formula is C26H19ClN4. The van der Waals surface area contributed by atoms with Gasteiger partial charge in [0.1, 0.15) is 11.9 Å². The number of fused-ring (bicyclic) bond motifs is 2. The highest BCUT2D eigenvalue weighted by Crippen LogP contribution is 2.31. The normalized spacial score (nSPS) is 11.8. The van der Waals surface area contributed by atoms with Crippen molar-refractivity contribution >= 4 is 45.2 Å². The number of hydrogen-bond acceptors (Lipinski definition) is 2. The number of allylic oxidation sites excluding steroid dienone is 1. The van der Waals surface area contributed by atoms with E-state index in [0.29, 0.717) is 17.9 Å². The molecule has 0 saturated heterocycles. The van der Waals surface area contributed by atoms with Crippen LogP contribution in [0.1, 0.15) is 22.6 Å². The minimum Gasteiger partial charge on any atom is -0.340 e. The Morgan fingerprint density at radius 2 is 1.81 bits per heavy atom. The van der Waals surface area contributed by atoms with Crippen molar-refractivity contribution in [3.05, 3.63) is 100 Å². The number of halogens is 1. The van der Waals surface area contributed by atoms with E-state index >= 15 is 0 Å². The summed E-state index contributed by atoms with van der Waals surface area (Å²) < 4.78 is 2.25. The Morgan fingerprint density at radius 3 is 2.61 bits per heavy atom. The van der Waals surface area contributed by atoms with Gasteiger partial charge in [-0.3, -0.25) is 0 Å². The van der Waals surface area contributed by atoms with Crippen molar-refractivity contribution in [2.24, 2.45) is 0 Å². The quantitative estimate of drug-likeness (QED) is 0.332. The summed E-state index contributed by atoms with van der Waals surface area (Å²) in [5, 5.41) is 11.7. The number of H-pyrrole nitrogens is 1. The van der Waals surface area contributed by atoms with Crippen molar-refractivity contribution < 1.29 is 0 Å². The van der Waals surface area contributed by atoms with Crippen molar-refractivity contribution in [1.82, 2.24) is 14.5 Å². The predicted molar refractivity (Wildman–Crippen MR) is 127 cm³/mol. The van der Waals surface area contributed by atoms with E-state index in [0.717, 1.165) is 43.8 Å². The van der Waals surface area contributed by atoms with Crippen LogP contribution in [-0.4, -0.2) is 14.5 Å². The number of nitrogens with zero attached hydrogens (tertiary/aromatic N) is 3. The summed E-state index contributed by atoms with van der Waals surface area (Å²) >= 11 is 6.43. The number of benzene rings is 3. The van der Waals surface area contributed by atoms with Crippen molar-refractivity contribution in [3.8, 4) is 6.07 Å². The van der Waals surface area contributed by atoms with Crippen LogP contribution in [0.4, 0.5) is 0 Å². The molecule has 0 radical (unpaired) electrons. The number of imidazole rings is 1. The monoisotopic (exact) mass is 422 g/mol. The van der Waals surface area contributed by atoms with Gasteiger partial charge in [0, 0.05) is 33.7 Å². The Hall–Kier alpha value is -3.81. The predicted octanol–water partition coefficient (Wildman–Crippen LogP) is 6.59. The summed E-state index contributed by atoms with van der Waals surface area (Å²) in [6.45, 7) is 2.74. The number of nitriles is 1. The number of nitrogens with one attached hydrogen (secondary N) is 1. The maximum atomic E-state index is 9.90. The van der Waals surface area contributed by atoms with Crippen LogP contribution >= 0.6 is 11.6 Å². The fraction of sp³-hybridized carbons (Fsp3) is 0.0769. The van der Waals surface area contributed by atoms with Crippen molar-refractivity contribution in [2.45, 2.75) is 13.5 Å². The molecule has 1 N–H and O–H groups in total. The molecule has 0 saturated carbocycles. The average molecular weight is 423 g/mol. The number of hydrogen-bond donors (Lipinski definition) is 1. The molecule has 5 rings (SSSR count). The SMILES string of the molecule is Cc1c(/C=C(/C#N)c2nc3ccccc3[nH]2)c2ccccc2n1Cc1ccccc1Cl. The zero-order chi connectivity index (χ0) is 21.4. The number of para-hydroxylation sites is 3. The van der Waals surface area contributed by atoms with E-state index in [2.05, 4.69) is 39.7 Å². The van der Waals surface area contributed by atoms with Crippen LogP contribution < -0.4 is 0 Å². The zero-order valence-electron chi connectivity index (χ0n) is 16.9. The van der Waals surface area contributed by atoms with Crippen molar-refractivity contribution in [3.63, 3.8) is 0 Å².